The molecule has 2 aliphatic carbocycles. The van der Waals surface area contributed by atoms with E-state index in [1.54, 1.807) is 0 Å². The van der Waals surface area contributed by atoms with Crippen LogP contribution in [0, 0.1) is 23.2 Å². The molecule has 0 aromatic rings. The summed E-state index contributed by atoms with van der Waals surface area (Å²) in [4.78, 5) is 13.0. The SMILES string of the molecule is CCCCCCC[C@H]1CC[C@H](OC(=O)C2(C)COC([C@H]3CC[C@H](CCC)CC3)OC2)CC1. The first-order chi connectivity index (χ1) is 15.5. The van der Waals surface area contributed by atoms with Crippen molar-refractivity contribution in [1.82, 2.24) is 0 Å². The molecule has 2 saturated carbocycles. The van der Waals surface area contributed by atoms with E-state index >= 15 is 0 Å². The van der Waals surface area contributed by atoms with Crippen LogP contribution in [0.4, 0.5) is 0 Å². The normalized spacial score (nSPS) is 36.0. The highest BCUT2D eigenvalue weighted by molar-refractivity contribution is 5.77. The van der Waals surface area contributed by atoms with Gasteiger partial charge in [0.2, 0.25) is 0 Å². The average molecular weight is 451 g/mol. The fourth-order valence-electron chi connectivity index (χ4n) is 6.04. The van der Waals surface area contributed by atoms with Gasteiger partial charge in [-0.25, -0.2) is 0 Å². The summed E-state index contributed by atoms with van der Waals surface area (Å²) in [5.74, 6) is 2.08. The summed E-state index contributed by atoms with van der Waals surface area (Å²) in [6.45, 7) is 7.36. The van der Waals surface area contributed by atoms with E-state index < -0.39 is 5.41 Å². The second kappa shape index (κ2) is 13.3. The van der Waals surface area contributed by atoms with Crippen LogP contribution in [0.25, 0.3) is 0 Å². The molecule has 0 bridgehead atoms. The van der Waals surface area contributed by atoms with Gasteiger partial charge < -0.3 is 14.2 Å². The molecule has 4 nitrogen and oxygen atoms in total. The van der Waals surface area contributed by atoms with E-state index in [2.05, 4.69) is 13.8 Å². The van der Waals surface area contributed by atoms with Crippen LogP contribution >= 0.6 is 0 Å². The lowest BCUT2D eigenvalue weighted by atomic mass is 9.79. The Bertz CT molecular complexity index is 524. The van der Waals surface area contributed by atoms with E-state index in [1.165, 1.54) is 89.9 Å². The summed E-state index contributed by atoms with van der Waals surface area (Å²) < 4.78 is 18.2. The number of rotatable bonds is 11. The number of unbranched alkanes of at least 4 members (excludes halogenated alkanes) is 4. The molecular weight excluding hydrogens is 400 g/mol. The van der Waals surface area contributed by atoms with E-state index in [9.17, 15) is 4.79 Å². The molecule has 0 unspecified atom stereocenters. The Kier molecular flexibility index (Phi) is 10.8. The van der Waals surface area contributed by atoms with Gasteiger partial charge >= 0.3 is 5.97 Å². The zero-order valence-electron chi connectivity index (χ0n) is 21.2. The third-order valence-corrected chi connectivity index (χ3v) is 8.38. The Labute approximate surface area is 197 Å². The molecule has 3 aliphatic rings. The first kappa shape index (κ1) is 26.0. The van der Waals surface area contributed by atoms with Gasteiger partial charge in [-0.05, 0) is 70.1 Å². The van der Waals surface area contributed by atoms with Crippen LogP contribution in [0.2, 0.25) is 0 Å². The molecule has 0 amide bonds. The average Bonchev–Trinajstić information content (AvgIpc) is 2.81. The molecule has 3 rings (SSSR count). The van der Waals surface area contributed by atoms with Gasteiger partial charge in [-0.3, -0.25) is 4.79 Å². The van der Waals surface area contributed by atoms with Gasteiger partial charge in [0.15, 0.2) is 6.29 Å². The van der Waals surface area contributed by atoms with Crippen molar-refractivity contribution in [2.75, 3.05) is 13.2 Å². The van der Waals surface area contributed by atoms with Crippen molar-refractivity contribution >= 4 is 5.97 Å². The Morgan fingerprint density at radius 2 is 1.38 bits per heavy atom. The van der Waals surface area contributed by atoms with Gasteiger partial charge in [-0.2, -0.15) is 0 Å². The van der Waals surface area contributed by atoms with Crippen molar-refractivity contribution in [2.24, 2.45) is 23.2 Å². The maximum Gasteiger partial charge on any atom is 0.316 e. The van der Waals surface area contributed by atoms with Crippen LogP contribution in [0.5, 0.6) is 0 Å². The third-order valence-electron chi connectivity index (χ3n) is 8.38. The minimum atomic E-state index is -0.661. The van der Waals surface area contributed by atoms with E-state index in [1.807, 2.05) is 6.92 Å². The Morgan fingerprint density at radius 1 is 0.781 bits per heavy atom. The van der Waals surface area contributed by atoms with Crippen LogP contribution in [0.1, 0.15) is 124 Å². The lowest BCUT2D eigenvalue weighted by molar-refractivity contribution is -0.254. The Hall–Kier alpha value is -0.610. The summed E-state index contributed by atoms with van der Waals surface area (Å²) in [7, 11) is 0. The lowest BCUT2D eigenvalue weighted by Crippen LogP contribution is -2.49. The van der Waals surface area contributed by atoms with Crippen LogP contribution in [-0.4, -0.2) is 31.6 Å². The van der Waals surface area contributed by atoms with Crippen LogP contribution in [0.15, 0.2) is 0 Å². The molecule has 0 atom stereocenters. The van der Waals surface area contributed by atoms with Gasteiger partial charge in [-0.15, -0.1) is 0 Å². The van der Waals surface area contributed by atoms with Gasteiger partial charge in [-0.1, -0.05) is 65.2 Å². The second-order valence-electron chi connectivity index (χ2n) is 11.4. The summed E-state index contributed by atoms with van der Waals surface area (Å²) in [6, 6.07) is 0. The van der Waals surface area contributed by atoms with E-state index in [-0.39, 0.29) is 18.4 Å². The standard InChI is InChI=1S/C28H50O4/c1-4-6-7-8-9-11-23-14-18-25(19-15-23)32-27(29)28(3)20-30-26(31-21-28)24-16-12-22(10-5-2)13-17-24/h22-26H,4-21H2,1-3H3/t22-,23-,24-,25-,26?,28?. The highest BCUT2D eigenvalue weighted by atomic mass is 16.7. The van der Waals surface area contributed by atoms with Gasteiger partial charge in [0, 0.05) is 5.92 Å². The minimum Gasteiger partial charge on any atom is -0.462 e. The number of hydrogen-bond acceptors (Lipinski definition) is 4. The molecule has 0 spiro atoms. The zero-order chi connectivity index (χ0) is 22.8. The first-order valence-electron chi connectivity index (χ1n) is 14.0. The first-order valence-corrected chi connectivity index (χ1v) is 14.0. The van der Waals surface area contributed by atoms with Gasteiger partial charge in [0.05, 0.1) is 13.2 Å². The van der Waals surface area contributed by atoms with Crippen LogP contribution in [0.3, 0.4) is 0 Å². The van der Waals surface area contributed by atoms with E-state index in [0.29, 0.717) is 19.1 Å². The molecule has 0 aromatic heterocycles. The molecule has 3 fully saturated rings. The van der Waals surface area contributed by atoms with Crippen molar-refractivity contribution in [1.29, 1.82) is 0 Å². The zero-order valence-corrected chi connectivity index (χ0v) is 21.2. The molecule has 0 aromatic carbocycles. The third kappa shape index (κ3) is 7.72. The smallest absolute Gasteiger partial charge is 0.316 e. The van der Waals surface area contributed by atoms with Crippen molar-refractivity contribution in [3.63, 3.8) is 0 Å². The molecular formula is C28H50O4. The van der Waals surface area contributed by atoms with Gasteiger partial charge in [0.25, 0.3) is 0 Å². The van der Waals surface area contributed by atoms with E-state index in [4.69, 9.17) is 14.2 Å². The van der Waals surface area contributed by atoms with Crippen molar-refractivity contribution in [3.8, 4) is 0 Å². The largest absolute Gasteiger partial charge is 0.462 e. The summed E-state index contributed by atoms with van der Waals surface area (Å²) in [6.07, 6.45) is 20.2. The molecule has 32 heavy (non-hydrogen) atoms. The van der Waals surface area contributed by atoms with Crippen molar-refractivity contribution in [2.45, 2.75) is 136 Å². The quantitative estimate of drug-likeness (QED) is 0.242. The van der Waals surface area contributed by atoms with Crippen LogP contribution in [-0.2, 0) is 19.0 Å². The Balaban J connectivity index is 1.32. The maximum absolute atomic E-state index is 13.0. The number of ether oxygens (including phenoxy) is 3. The highest BCUT2D eigenvalue weighted by Crippen LogP contribution is 2.38. The molecule has 1 saturated heterocycles. The van der Waals surface area contributed by atoms with E-state index in [0.717, 1.165) is 24.7 Å². The predicted molar refractivity (Wildman–Crippen MR) is 129 cm³/mol. The molecule has 0 radical (unpaired) electrons. The Morgan fingerprint density at radius 3 is 2.00 bits per heavy atom. The number of hydrogen-bond donors (Lipinski definition) is 0. The summed E-state index contributed by atoms with van der Waals surface area (Å²) in [5, 5.41) is 0. The molecule has 186 valence electrons. The fraction of sp³-hybridized carbons (Fsp3) is 0.964. The summed E-state index contributed by atoms with van der Waals surface area (Å²) in [5.41, 5.74) is -0.661. The number of esters is 1. The molecule has 1 heterocycles. The number of carbonyl (C=O) groups is 1. The molecule has 4 heteroatoms. The predicted octanol–water partition coefficient (Wildman–Crippen LogP) is 7.43. The van der Waals surface area contributed by atoms with Gasteiger partial charge in [0.1, 0.15) is 11.5 Å². The minimum absolute atomic E-state index is 0.0854. The maximum atomic E-state index is 13.0. The monoisotopic (exact) mass is 450 g/mol. The van der Waals surface area contributed by atoms with Crippen LogP contribution < -0.4 is 0 Å². The lowest BCUT2D eigenvalue weighted by Gasteiger charge is -2.41. The number of carbonyl (C=O) groups excluding carboxylic acids is 1. The molecule has 1 aliphatic heterocycles. The topological polar surface area (TPSA) is 44.8 Å². The van der Waals surface area contributed by atoms with Crippen molar-refractivity contribution < 1.29 is 19.0 Å². The van der Waals surface area contributed by atoms with Crippen molar-refractivity contribution in [3.05, 3.63) is 0 Å². The second-order valence-corrected chi connectivity index (χ2v) is 11.4. The molecule has 0 N–H and O–H groups in total. The highest BCUT2D eigenvalue weighted by Gasteiger charge is 2.44. The summed E-state index contributed by atoms with van der Waals surface area (Å²) >= 11 is 0. The fourth-order valence-corrected chi connectivity index (χ4v) is 6.04.